The summed E-state index contributed by atoms with van der Waals surface area (Å²) in [4.78, 5) is 21.1. The number of carbonyl (C=O) groups is 2. The van der Waals surface area contributed by atoms with Gasteiger partial charge in [-0.05, 0) is 37.0 Å². The molecule has 1 rings (SSSR count). The van der Waals surface area contributed by atoms with Gasteiger partial charge >= 0.3 is 0 Å². The van der Waals surface area contributed by atoms with Gasteiger partial charge in [-0.1, -0.05) is 6.08 Å². The maximum Gasteiger partial charge on any atom is 0.155 e. The third-order valence-electron chi connectivity index (χ3n) is 1.87. The Morgan fingerprint density at radius 1 is 1.25 bits per heavy atom. The summed E-state index contributed by atoms with van der Waals surface area (Å²) >= 11 is 0. The van der Waals surface area contributed by atoms with Crippen LogP contribution in [0, 0.1) is 0 Å². The first kappa shape index (κ1) is 8.91. The summed E-state index contributed by atoms with van der Waals surface area (Å²) in [7, 11) is 0. The maximum atomic E-state index is 11.1. The van der Waals surface area contributed by atoms with Gasteiger partial charge in [0.1, 0.15) is 6.29 Å². The molecule has 0 unspecified atom stereocenters. The summed E-state index contributed by atoms with van der Waals surface area (Å²) in [5, 5.41) is 0. The van der Waals surface area contributed by atoms with E-state index >= 15 is 0 Å². The van der Waals surface area contributed by atoms with E-state index < -0.39 is 0 Å². The molecule has 0 aromatic rings. The highest BCUT2D eigenvalue weighted by Gasteiger charge is 2.05. The lowest BCUT2D eigenvalue weighted by Crippen LogP contribution is -1.89. The van der Waals surface area contributed by atoms with Gasteiger partial charge in [-0.25, -0.2) is 0 Å². The molecule has 0 atom stereocenters. The molecule has 0 saturated carbocycles. The van der Waals surface area contributed by atoms with Crippen LogP contribution in [0.15, 0.2) is 23.8 Å². The summed E-state index contributed by atoms with van der Waals surface area (Å²) in [6.07, 6.45) is 9.10. The van der Waals surface area contributed by atoms with Crippen LogP contribution >= 0.6 is 0 Å². The highest BCUT2D eigenvalue weighted by molar-refractivity contribution is 5.91. The van der Waals surface area contributed by atoms with E-state index in [-0.39, 0.29) is 5.78 Å². The molecule has 2 heteroatoms. The normalized spacial score (nSPS) is 19.0. The molecule has 0 heterocycles. The van der Waals surface area contributed by atoms with Crippen LogP contribution in [0.25, 0.3) is 0 Å². The number of hydrogen-bond donors (Lipinski definition) is 0. The molecule has 12 heavy (non-hydrogen) atoms. The number of allylic oxidation sites excluding steroid dienone is 4. The number of rotatable bonds is 2. The van der Waals surface area contributed by atoms with E-state index in [2.05, 4.69) is 0 Å². The summed E-state index contributed by atoms with van der Waals surface area (Å²) in [6, 6.07) is 0. The zero-order chi connectivity index (χ0) is 8.81. The van der Waals surface area contributed by atoms with E-state index in [0.717, 1.165) is 31.1 Å². The molecule has 0 radical (unpaired) electrons. The first-order valence-corrected chi connectivity index (χ1v) is 4.18. The van der Waals surface area contributed by atoms with E-state index in [1.165, 1.54) is 6.08 Å². The van der Waals surface area contributed by atoms with Gasteiger partial charge in [-0.15, -0.1) is 0 Å². The molecule has 0 fully saturated rings. The van der Waals surface area contributed by atoms with Crippen LogP contribution in [0.1, 0.15) is 25.7 Å². The van der Waals surface area contributed by atoms with Crippen molar-refractivity contribution in [3.8, 4) is 0 Å². The number of aldehydes is 1. The van der Waals surface area contributed by atoms with E-state index in [1.807, 2.05) is 0 Å². The highest BCUT2D eigenvalue weighted by atomic mass is 16.1. The molecule has 0 saturated heterocycles. The fourth-order valence-corrected chi connectivity index (χ4v) is 1.27. The first-order chi connectivity index (χ1) is 5.83. The molecule has 0 amide bonds. The third kappa shape index (κ3) is 2.82. The molecule has 0 aliphatic heterocycles. The topological polar surface area (TPSA) is 34.1 Å². The Bertz CT molecular complexity index is 236. The van der Waals surface area contributed by atoms with Gasteiger partial charge in [0.15, 0.2) is 5.78 Å². The molecule has 0 aromatic carbocycles. The molecule has 2 nitrogen and oxygen atoms in total. The number of carbonyl (C=O) groups excluding carboxylic acids is 2. The van der Waals surface area contributed by atoms with Crippen LogP contribution < -0.4 is 0 Å². The smallest absolute Gasteiger partial charge is 0.155 e. The van der Waals surface area contributed by atoms with Gasteiger partial charge in [-0.2, -0.15) is 0 Å². The van der Waals surface area contributed by atoms with Gasteiger partial charge in [-0.3, -0.25) is 9.59 Å². The monoisotopic (exact) mass is 164 g/mol. The molecule has 64 valence electrons. The second-order valence-electron chi connectivity index (χ2n) is 2.89. The summed E-state index contributed by atoms with van der Waals surface area (Å²) in [5.74, 6) is 0.179. The Balaban J connectivity index is 2.65. The minimum absolute atomic E-state index is 0.179. The zero-order valence-electron chi connectivity index (χ0n) is 6.95. The largest absolute Gasteiger partial charge is 0.299 e. The lowest BCUT2D eigenvalue weighted by Gasteiger charge is -1.93. The summed E-state index contributed by atoms with van der Waals surface area (Å²) in [6.45, 7) is 0. The van der Waals surface area contributed by atoms with Crippen LogP contribution in [-0.4, -0.2) is 12.1 Å². The van der Waals surface area contributed by atoms with E-state index in [4.69, 9.17) is 0 Å². The van der Waals surface area contributed by atoms with Crippen molar-refractivity contribution in [2.45, 2.75) is 25.7 Å². The number of hydrogen-bond acceptors (Lipinski definition) is 2. The average Bonchev–Trinajstić information content (AvgIpc) is 2.26. The predicted molar refractivity (Wildman–Crippen MR) is 46.8 cm³/mol. The molecule has 1 aliphatic rings. The second kappa shape index (κ2) is 4.65. The Morgan fingerprint density at radius 3 is 2.75 bits per heavy atom. The van der Waals surface area contributed by atoms with E-state index in [0.29, 0.717) is 6.42 Å². The van der Waals surface area contributed by atoms with Crippen molar-refractivity contribution in [2.24, 2.45) is 0 Å². The van der Waals surface area contributed by atoms with Gasteiger partial charge < -0.3 is 0 Å². The zero-order valence-corrected chi connectivity index (χ0v) is 6.95. The second-order valence-corrected chi connectivity index (χ2v) is 2.89. The third-order valence-corrected chi connectivity index (χ3v) is 1.87. The maximum absolute atomic E-state index is 11.1. The van der Waals surface area contributed by atoms with E-state index in [1.54, 1.807) is 12.2 Å². The van der Waals surface area contributed by atoms with Crippen LogP contribution in [0.5, 0.6) is 0 Å². The van der Waals surface area contributed by atoms with Crippen LogP contribution in [0.4, 0.5) is 0 Å². The molecule has 0 aromatic heterocycles. The standard InChI is InChI=1S/C10H12O2/c11-7-3-5-9-4-1-2-6-10(12)8-9/h3,5,7-8H,1-2,4,6H2/b5-3-. The Kier molecular flexibility index (Phi) is 3.45. The van der Waals surface area contributed by atoms with Crippen molar-refractivity contribution >= 4 is 12.1 Å². The van der Waals surface area contributed by atoms with Crippen LogP contribution in [-0.2, 0) is 9.59 Å². The van der Waals surface area contributed by atoms with Crippen molar-refractivity contribution in [1.82, 2.24) is 0 Å². The van der Waals surface area contributed by atoms with Crippen molar-refractivity contribution in [3.63, 3.8) is 0 Å². The minimum atomic E-state index is 0.179. The predicted octanol–water partition coefficient (Wildman–Crippen LogP) is 1.81. The van der Waals surface area contributed by atoms with Crippen molar-refractivity contribution < 1.29 is 9.59 Å². The van der Waals surface area contributed by atoms with Gasteiger partial charge in [0.05, 0.1) is 0 Å². The van der Waals surface area contributed by atoms with Crippen molar-refractivity contribution in [2.75, 3.05) is 0 Å². The fraction of sp³-hybridized carbons (Fsp3) is 0.400. The van der Waals surface area contributed by atoms with Gasteiger partial charge in [0, 0.05) is 6.42 Å². The Hall–Kier alpha value is -1.18. The Morgan fingerprint density at radius 2 is 2.00 bits per heavy atom. The molecular formula is C10H12O2. The molecule has 0 bridgehead atoms. The minimum Gasteiger partial charge on any atom is -0.299 e. The molecule has 0 N–H and O–H groups in total. The average molecular weight is 164 g/mol. The molecular weight excluding hydrogens is 152 g/mol. The van der Waals surface area contributed by atoms with Crippen molar-refractivity contribution in [3.05, 3.63) is 23.8 Å². The molecule has 1 aliphatic carbocycles. The van der Waals surface area contributed by atoms with Crippen molar-refractivity contribution in [1.29, 1.82) is 0 Å². The first-order valence-electron chi connectivity index (χ1n) is 4.18. The van der Waals surface area contributed by atoms with Crippen LogP contribution in [0.2, 0.25) is 0 Å². The van der Waals surface area contributed by atoms with E-state index in [9.17, 15) is 9.59 Å². The highest BCUT2D eigenvalue weighted by Crippen LogP contribution is 2.15. The SMILES string of the molecule is O=C/C=C\C1=CC(=O)CCCC1. The van der Waals surface area contributed by atoms with Gasteiger partial charge in [0.2, 0.25) is 0 Å². The molecule has 0 spiro atoms. The lowest BCUT2D eigenvalue weighted by atomic mass is 10.1. The van der Waals surface area contributed by atoms with Crippen LogP contribution in [0.3, 0.4) is 0 Å². The fourth-order valence-electron chi connectivity index (χ4n) is 1.27. The quantitative estimate of drug-likeness (QED) is 0.460. The number of ketones is 1. The lowest BCUT2D eigenvalue weighted by molar-refractivity contribution is -0.114. The Labute approximate surface area is 72.0 Å². The summed E-state index contributed by atoms with van der Waals surface area (Å²) in [5.41, 5.74) is 0.976. The summed E-state index contributed by atoms with van der Waals surface area (Å²) < 4.78 is 0. The van der Waals surface area contributed by atoms with Gasteiger partial charge in [0.25, 0.3) is 0 Å².